The number of rotatable bonds is 3. The average Bonchev–Trinajstić information content (AvgIpc) is 3.05. The van der Waals surface area contributed by atoms with Gasteiger partial charge in [-0.2, -0.15) is 0 Å². The van der Waals surface area contributed by atoms with Gasteiger partial charge in [-0.1, -0.05) is 48.6 Å². The minimum absolute atomic E-state index is 0.102. The Labute approximate surface area is 205 Å². The second kappa shape index (κ2) is 8.03. The smallest absolute Gasteiger partial charge is 0.313 e. The van der Waals surface area contributed by atoms with Crippen LogP contribution in [-0.4, -0.2) is 75.2 Å². The fraction of sp³-hybridized carbons (Fsp3) is 0.519. The van der Waals surface area contributed by atoms with Crippen LogP contribution in [0.3, 0.4) is 0 Å². The van der Waals surface area contributed by atoms with Gasteiger partial charge in [0.25, 0.3) is 0 Å². The molecule has 8 heteroatoms. The molecule has 4 aliphatic heterocycles. The number of aliphatic hydroxyl groups excluding tert-OH is 1. The zero-order chi connectivity index (χ0) is 25.2. The lowest BCUT2D eigenvalue weighted by Crippen LogP contribution is -2.59. The number of carbonyl (C=O) groups is 3. The van der Waals surface area contributed by atoms with E-state index in [0.29, 0.717) is 12.1 Å². The highest BCUT2D eigenvalue weighted by molar-refractivity contribution is 5.99. The Morgan fingerprint density at radius 3 is 2.43 bits per heavy atom. The number of nitrogens with zero attached hydrogens (tertiary/aromatic N) is 2. The fourth-order valence-corrected chi connectivity index (χ4v) is 6.26. The van der Waals surface area contributed by atoms with Gasteiger partial charge in [0.05, 0.1) is 24.2 Å². The number of ether oxygens (including phenoxy) is 2. The minimum atomic E-state index is -1.38. The van der Waals surface area contributed by atoms with Crippen LogP contribution in [0, 0.1) is 11.8 Å². The molecular weight excluding hydrogens is 448 g/mol. The number of hydrogen-bond acceptors (Lipinski definition) is 6. The van der Waals surface area contributed by atoms with E-state index < -0.39 is 52.5 Å². The summed E-state index contributed by atoms with van der Waals surface area (Å²) in [4.78, 5) is 44.9. The van der Waals surface area contributed by atoms with E-state index in [1.54, 1.807) is 30.1 Å². The van der Waals surface area contributed by atoms with Gasteiger partial charge in [-0.05, 0) is 39.3 Å². The number of amides is 2. The highest BCUT2D eigenvalue weighted by Gasteiger charge is 2.75. The molecule has 2 amide bonds. The molecule has 6 atom stereocenters. The molecular formula is C27H32N2O6. The van der Waals surface area contributed by atoms with Crippen molar-refractivity contribution in [3.8, 4) is 0 Å². The van der Waals surface area contributed by atoms with Crippen molar-refractivity contribution in [2.24, 2.45) is 11.8 Å². The van der Waals surface area contributed by atoms with Crippen molar-refractivity contribution in [3.63, 3.8) is 0 Å². The van der Waals surface area contributed by atoms with E-state index in [0.717, 1.165) is 0 Å². The van der Waals surface area contributed by atoms with Gasteiger partial charge < -0.3 is 24.4 Å². The fourth-order valence-electron chi connectivity index (χ4n) is 6.26. The Bertz CT molecular complexity index is 1110. The zero-order valence-corrected chi connectivity index (χ0v) is 20.5. The Morgan fingerprint density at radius 2 is 1.77 bits per heavy atom. The zero-order valence-electron chi connectivity index (χ0n) is 20.5. The maximum absolute atomic E-state index is 14.3. The second-order valence-corrected chi connectivity index (χ2v) is 10.9. The van der Waals surface area contributed by atoms with Gasteiger partial charge >= 0.3 is 5.97 Å². The number of cyclic esters (lactones) is 1. The third-order valence-electron chi connectivity index (χ3n) is 7.75. The van der Waals surface area contributed by atoms with E-state index in [1.807, 2.05) is 57.2 Å². The molecule has 0 aromatic heterocycles. The van der Waals surface area contributed by atoms with Gasteiger partial charge in [-0.25, -0.2) is 0 Å². The normalized spacial score (nSPS) is 35.2. The number of aliphatic hydroxyl groups is 1. The van der Waals surface area contributed by atoms with Crippen LogP contribution in [0.2, 0.25) is 0 Å². The first-order valence-electron chi connectivity index (χ1n) is 12.1. The van der Waals surface area contributed by atoms with Gasteiger partial charge in [0.1, 0.15) is 24.2 Å². The maximum Gasteiger partial charge on any atom is 0.313 e. The van der Waals surface area contributed by atoms with Crippen molar-refractivity contribution in [2.75, 3.05) is 19.8 Å². The van der Waals surface area contributed by atoms with Crippen molar-refractivity contribution >= 4 is 17.8 Å². The molecule has 1 aromatic carbocycles. The van der Waals surface area contributed by atoms with Crippen LogP contribution in [0.4, 0.5) is 0 Å². The highest BCUT2D eigenvalue weighted by atomic mass is 16.6. The molecule has 0 radical (unpaired) electrons. The van der Waals surface area contributed by atoms with E-state index in [4.69, 9.17) is 9.47 Å². The summed E-state index contributed by atoms with van der Waals surface area (Å²) in [6, 6.07) is 7.31. The molecule has 2 fully saturated rings. The molecule has 186 valence electrons. The number of carbonyl (C=O) groups excluding carboxylic acids is 3. The number of benzene rings is 1. The van der Waals surface area contributed by atoms with Crippen LogP contribution in [0.5, 0.6) is 0 Å². The molecule has 1 spiro atoms. The number of fused-ring (bicyclic) bond motifs is 2. The lowest BCUT2D eigenvalue weighted by molar-refractivity contribution is -0.161. The Balaban J connectivity index is 1.72. The molecule has 1 aromatic rings. The van der Waals surface area contributed by atoms with Gasteiger partial charge in [0.2, 0.25) is 11.8 Å². The van der Waals surface area contributed by atoms with Crippen molar-refractivity contribution < 1.29 is 29.0 Å². The van der Waals surface area contributed by atoms with E-state index in [-0.39, 0.29) is 19.1 Å². The monoisotopic (exact) mass is 480 g/mol. The van der Waals surface area contributed by atoms with Crippen molar-refractivity contribution in [1.29, 1.82) is 0 Å². The van der Waals surface area contributed by atoms with Crippen LogP contribution in [-0.2, 0) is 23.9 Å². The van der Waals surface area contributed by atoms with Crippen molar-refractivity contribution in [3.05, 3.63) is 60.2 Å². The van der Waals surface area contributed by atoms with Gasteiger partial charge in [0, 0.05) is 12.1 Å². The third-order valence-corrected chi connectivity index (χ3v) is 7.75. The van der Waals surface area contributed by atoms with Crippen LogP contribution >= 0.6 is 0 Å². The Morgan fingerprint density at radius 1 is 1.06 bits per heavy atom. The van der Waals surface area contributed by atoms with E-state index in [1.165, 1.54) is 4.90 Å². The second-order valence-electron chi connectivity index (χ2n) is 10.9. The van der Waals surface area contributed by atoms with E-state index in [9.17, 15) is 19.5 Å². The first-order valence-corrected chi connectivity index (χ1v) is 12.1. The summed E-state index contributed by atoms with van der Waals surface area (Å²) in [7, 11) is 0. The summed E-state index contributed by atoms with van der Waals surface area (Å²) in [6.07, 6.45) is 7.14. The molecule has 4 aliphatic rings. The molecule has 2 saturated heterocycles. The van der Waals surface area contributed by atoms with Crippen LogP contribution in [0.15, 0.2) is 54.6 Å². The average molecular weight is 481 g/mol. The van der Waals surface area contributed by atoms with Crippen molar-refractivity contribution in [1.82, 2.24) is 9.80 Å². The van der Waals surface area contributed by atoms with Gasteiger partial charge in [-0.3, -0.25) is 14.4 Å². The summed E-state index contributed by atoms with van der Waals surface area (Å²) < 4.78 is 12.1. The maximum atomic E-state index is 14.3. The van der Waals surface area contributed by atoms with Crippen molar-refractivity contribution in [2.45, 2.75) is 56.5 Å². The largest absolute Gasteiger partial charge is 0.461 e. The van der Waals surface area contributed by atoms with Crippen LogP contribution in [0.25, 0.3) is 0 Å². The molecule has 1 unspecified atom stereocenters. The quantitative estimate of drug-likeness (QED) is 0.525. The molecule has 5 rings (SSSR count). The molecule has 4 heterocycles. The predicted octanol–water partition coefficient (Wildman–Crippen LogP) is 2.00. The van der Waals surface area contributed by atoms with Gasteiger partial charge in [-0.15, -0.1) is 0 Å². The lowest BCUT2D eigenvalue weighted by Gasteiger charge is -2.43. The molecule has 0 saturated carbocycles. The topological polar surface area (TPSA) is 96.4 Å². The molecule has 1 N–H and O–H groups in total. The predicted molar refractivity (Wildman–Crippen MR) is 127 cm³/mol. The first kappa shape index (κ1) is 23.8. The Kier molecular flexibility index (Phi) is 5.45. The van der Waals surface area contributed by atoms with Crippen LogP contribution < -0.4 is 0 Å². The summed E-state index contributed by atoms with van der Waals surface area (Å²) in [5.74, 6) is -3.08. The summed E-state index contributed by atoms with van der Waals surface area (Å²) in [6.45, 7) is 7.66. The molecule has 0 aliphatic carbocycles. The summed E-state index contributed by atoms with van der Waals surface area (Å²) >= 11 is 0. The number of hydrogen-bond donors (Lipinski definition) is 1. The molecule has 8 nitrogen and oxygen atoms in total. The van der Waals surface area contributed by atoms with Gasteiger partial charge in [0.15, 0.2) is 0 Å². The molecule has 0 bridgehead atoms. The number of likely N-dealkylation sites (tertiary alicyclic amines) is 1. The SMILES string of the molecule is CC(C)(C)N1CC=C[C@]23O[C@]4(C)C=CCOC(=O)[C@@H]4[C@H]2C(=O)N([C@H](CO)c2ccccc2)C3C1=O. The number of esters is 1. The Hall–Kier alpha value is -2.97. The summed E-state index contributed by atoms with van der Waals surface area (Å²) in [5, 5.41) is 10.5. The summed E-state index contributed by atoms with van der Waals surface area (Å²) in [5.41, 5.74) is -2.31. The highest BCUT2D eigenvalue weighted by Crippen LogP contribution is 2.58. The van der Waals surface area contributed by atoms with E-state index >= 15 is 0 Å². The van der Waals surface area contributed by atoms with E-state index in [2.05, 4.69) is 0 Å². The lowest BCUT2D eigenvalue weighted by atomic mass is 9.74. The first-order chi connectivity index (χ1) is 16.5. The molecule has 35 heavy (non-hydrogen) atoms. The third kappa shape index (κ3) is 3.37. The standard InChI is InChI=1S/C27H32N2O6/c1-25(2,3)28-14-8-13-27-19(20-24(33)34-15-9-12-26(20,4)35-27)22(31)29(21(27)23(28)32)18(16-30)17-10-6-5-7-11-17/h5-13,18-21,30H,14-16H2,1-4H3/t18-,19+,20+,21?,26-,27+/m1/s1. The van der Waals surface area contributed by atoms with Crippen LogP contribution in [0.1, 0.15) is 39.3 Å². The minimum Gasteiger partial charge on any atom is -0.461 e.